The van der Waals surface area contributed by atoms with Crippen molar-refractivity contribution in [2.75, 3.05) is 13.2 Å². The van der Waals surface area contributed by atoms with Crippen molar-refractivity contribution in [3.05, 3.63) is 0 Å². The molecule has 0 spiro atoms. The van der Waals surface area contributed by atoms with Crippen molar-refractivity contribution < 1.29 is 18.6 Å². The molecule has 1 rings (SSSR count). The van der Waals surface area contributed by atoms with E-state index in [1.165, 1.54) is 0 Å². The summed E-state index contributed by atoms with van der Waals surface area (Å²) in [7, 11) is 0. The molecular weight excluding hydrogens is 180 g/mol. The molecule has 0 aromatic carbocycles. The zero-order valence-electron chi connectivity index (χ0n) is 7.38. The Balaban J connectivity index is 2.25. The van der Waals surface area contributed by atoms with Gasteiger partial charge in [0.2, 0.25) is 0 Å². The standard InChI is InChI=1S/C8H15F2NO2/c9-7(10)4-13-6-1-2-8(11,3-6)5-12/h6-7,12H,1-5,11H2. The van der Waals surface area contributed by atoms with Crippen LogP contribution in [0.5, 0.6) is 0 Å². The van der Waals surface area contributed by atoms with Gasteiger partial charge < -0.3 is 15.6 Å². The third kappa shape index (κ3) is 3.17. The summed E-state index contributed by atoms with van der Waals surface area (Å²) in [6, 6.07) is 0. The number of rotatable bonds is 4. The Kier molecular flexibility index (Phi) is 3.58. The molecule has 1 aliphatic rings. The Morgan fingerprint density at radius 3 is 2.77 bits per heavy atom. The Morgan fingerprint density at radius 2 is 2.31 bits per heavy atom. The zero-order valence-corrected chi connectivity index (χ0v) is 7.38. The minimum Gasteiger partial charge on any atom is -0.394 e. The summed E-state index contributed by atoms with van der Waals surface area (Å²) in [5.74, 6) is 0. The van der Waals surface area contributed by atoms with Gasteiger partial charge in [0.1, 0.15) is 6.61 Å². The minimum absolute atomic E-state index is 0.110. The van der Waals surface area contributed by atoms with Gasteiger partial charge in [0.25, 0.3) is 6.43 Å². The van der Waals surface area contributed by atoms with Gasteiger partial charge in [-0.15, -0.1) is 0 Å². The molecule has 1 fully saturated rings. The largest absolute Gasteiger partial charge is 0.394 e. The summed E-state index contributed by atoms with van der Waals surface area (Å²) >= 11 is 0. The van der Waals surface area contributed by atoms with Gasteiger partial charge in [-0.1, -0.05) is 0 Å². The maximum absolute atomic E-state index is 11.8. The van der Waals surface area contributed by atoms with Crippen LogP contribution in [0.25, 0.3) is 0 Å². The summed E-state index contributed by atoms with van der Waals surface area (Å²) < 4.78 is 28.4. The van der Waals surface area contributed by atoms with Crippen molar-refractivity contribution in [3.63, 3.8) is 0 Å². The molecule has 2 atom stereocenters. The first-order valence-electron chi connectivity index (χ1n) is 4.35. The number of nitrogens with two attached hydrogens (primary N) is 1. The first kappa shape index (κ1) is 10.8. The van der Waals surface area contributed by atoms with Crippen LogP contribution in [0.1, 0.15) is 19.3 Å². The molecule has 0 saturated heterocycles. The molecule has 13 heavy (non-hydrogen) atoms. The molecule has 0 aromatic rings. The number of aliphatic hydroxyl groups excluding tert-OH is 1. The lowest BCUT2D eigenvalue weighted by Crippen LogP contribution is -2.41. The van der Waals surface area contributed by atoms with E-state index in [9.17, 15) is 8.78 Å². The van der Waals surface area contributed by atoms with Gasteiger partial charge in [-0.3, -0.25) is 0 Å². The topological polar surface area (TPSA) is 55.5 Å². The third-order valence-corrected chi connectivity index (χ3v) is 2.37. The molecule has 3 nitrogen and oxygen atoms in total. The van der Waals surface area contributed by atoms with Crippen LogP contribution >= 0.6 is 0 Å². The fourth-order valence-electron chi connectivity index (χ4n) is 1.60. The van der Waals surface area contributed by atoms with E-state index < -0.39 is 18.6 Å². The monoisotopic (exact) mass is 195 g/mol. The molecule has 1 aliphatic carbocycles. The van der Waals surface area contributed by atoms with E-state index in [0.29, 0.717) is 19.3 Å². The summed E-state index contributed by atoms with van der Waals surface area (Å²) in [6.45, 7) is -0.645. The SMILES string of the molecule is NC1(CO)CCC(OCC(F)F)C1. The van der Waals surface area contributed by atoms with Gasteiger partial charge in [0.05, 0.1) is 12.7 Å². The van der Waals surface area contributed by atoms with E-state index in [1.807, 2.05) is 0 Å². The third-order valence-electron chi connectivity index (χ3n) is 2.37. The lowest BCUT2D eigenvalue weighted by atomic mass is 10.0. The molecular formula is C8H15F2NO2. The highest BCUT2D eigenvalue weighted by atomic mass is 19.3. The van der Waals surface area contributed by atoms with Gasteiger partial charge >= 0.3 is 0 Å². The molecule has 0 aromatic heterocycles. The lowest BCUT2D eigenvalue weighted by Gasteiger charge is -2.20. The van der Waals surface area contributed by atoms with Crippen molar-refractivity contribution >= 4 is 0 Å². The Hall–Kier alpha value is -0.260. The maximum atomic E-state index is 11.8. The number of ether oxygens (including phenoxy) is 1. The van der Waals surface area contributed by atoms with Gasteiger partial charge in [-0.2, -0.15) is 0 Å². The quantitative estimate of drug-likeness (QED) is 0.687. The molecule has 0 heterocycles. The van der Waals surface area contributed by atoms with Crippen LogP contribution in [0.2, 0.25) is 0 Å². The van der Waals surface area contributed by atoms with Crippen molar-refractivity contribution in [1.29, 1.82) is 0 Å². The summed E-state index contributed by atoms with van der Waals surface area (Å²) in [4.78, 5) is 0. The predicted molar refractivity (Wildman–Crippen MR) is 43.6 cm³/mol. The second-order valence-electron chi connectivity index (χ2n) is 3.61. The number of halogens is 2. The second-order valence-corrected chi connectivity index (χ2v) is 3.61. The summed E-state index contributed by atoms with van der Waals surface area (Å²) in [5, 5.41) is 8.89. The number of hydrogen-bond donors (Lipinski definition) is 2. The van der Waals surface area contributed by atoms with Crippen LogP contribution < -0.4 is 5.73 Å². The maximum Gasteiger partial charge on any atom is 0.261 e. The molecule has 1 saturated carbocycles. The van der Waals surface area contributed by atoms with Crippen LogP contribution in [0.15, 0.2) is 0 Å². The normalized spacial score (nSPS) is 34.4. The fraction of sp³-hybridized carbons (Fsp3) is 1.00. The van der Waals surface area contributed by atoms with E-state index >= 15 is 0 Å². The van der Waals surface area contributed by atoms with E-state index in [1.54, 1.807) is 0 Å². The molecule has 78 valence electrons. The molecule has 2 unspecified atom stereocenters. The number of hydrogen-bond acceptors (Lipinski definition) is 3. The Labute approximate surface area is 75.9 Å². The highest BCUT2D eigenvalue weighted by Gasteiger charge is 2.35. The first-order valence-corrected chi connectivity index (χ1v) is 4.35. The second kappa shape index (κ2) is 4.30. The average Bonchev–Trinajstić information content (AvgIpc) is 2.45. The Morgan fingerprint density at radius 1 is 1.62 bits per heavy atom. The number of alkyl halides is 2. The van der Waals surface area contributed by atoms with Gasteiger partial charge in [-0.05, 0) is 19.3 Å². The van der Waals surface area contributed by atoms with E-state index in [0.717, 1.165) is 0 Å². The molecule has 0 bridgehead atoms. The highest BCUT2D eigenvalue weighted by Crippen LogP contribution is 2.29. The van der Waals surface area contributed by atoms with E-state index in [-0.39, 0.29) is 12.7 Å². The highest BCUT2D eigenvalue weighted by molar-refractivity contribution is 4.93. The van der Waals surface area contributed by atoms with E-state index in [2.05, 4.69) is 0 Å². The van der Waals surface area contributed by atoms with Crippen LogP contribution in [0.4, 0.5) is 8.78 Å². The molecule has 3 N–H and O–H groups in total. The smallest absolute Gasteiger partial charge is 0.261 e. The van der Waals surface area contributed by atoms with Gasteiger partial charge in [0, 0.05) is 5.54 Å². The average molecular weight is 195 g/mol. The zero-order chi connectivity index (χ0) is 9.90. The van der Waals surface area contributed by atoms with Gasteiger partial charge in [-0.25, -0.2) is 8.78 Å². The van der Waals surface area contributed by atoms with Crippen LogP contribution in [0.3, 0.4) is 0 Å². The van der Waals surface area contributed by atoms with Crippen molar-refractivity contribution in [2.24, 2.45) is 5.73 Å². The van der Waals surface area contributed by atoms with Crippen molar-refractivity contribution in [1.82, 2.24) is 0 Å². The molecule has 0 radical (unpaired) electrons. The molecule has 5 heteroatoms. The van der Waals surface area contributed by atoms with Crippen LogP contribution in [-0.4, -0.2) is 36.4 Å². The molecule has 0 aliphatic heterocycles. The van der Waals surface area contributed by atoms with Crippen molar-refractivity contribution in [3.8, 4) is 0 Å². The summed E-state index contributed by atoms with van der Waals surface area (Å²) in [6.07, 6.45) is -0.884. The van der Waals surface area contributed by atoms with E-state index in [4.69, 9.17) is 15.6 Å². The van der Waals surface area contributed by atoms with Crippen LogP contribution in [0, 0.1) is 0 Å². The van der Waals surface area contributed by atoms with Crippen molar-refractivity contribution in [2.45, 2.75) is 37.3 Å². The lowest BCUT2D eigenvalue weighted by molar-refractivity contribution is -0.0240. The Bertz CT molecular complexity index is 168. The predicted octanol–water partition coefficient (Wildman–Crippen LogP) is 0.510. The first-order chi connectivity index (χ1) is 6.06. The number of aliphatic hydroxyl groups is 1. The minimum atomic E-state index is -2.43. The van der Waals surface area contributed by atoms with Gasteiger partial charge in [0.15, 0.2) is 0 Å². The fourth-order valence-corrected chi connectivity index (χ4v) is 1.60. The summed E-state index contributed by atoms with van der Waals surface area (Å²) in [5.41, 5.74) is 5.12. The van der Waals surface area contributed by atoms with Crippen LogP contribution in [-0.2, 0) is 4.74 Å². The molecule has 0 amide bonds.